The third kappa shape index (κ3) is 6.27. The zero-order valence-corrected chi connectivity index (χ0v) is 22.3. The standard InChI is InChI=1S/C31H31F3N4O3/c32-23-8-4-20(5-9-23)28-15-29(39)37-26-14-21(30(40)36-17-19-3-1-2-18(12-19)16-35)7-11-27(26)38(28)31(41)22-6-10-24(33)25(34)13-22/h4-11,13-14,18-19,28H,1-3,12,15-17,35H2,(H,36,40)(H,37,39). The molecular formula is C31H31F3N4O3. The molecule has 0 bridgehead atoms. The predicted octanol–water partition coefficient (Wildman–Crippen LogP) is 5.33. The van der Waals surface area contributed by atoms with Crippen LogP contribution in [0.4, 0.5) is 24.5 Å². The van der Waals surface area contributed by atoms with Crippen LogP contribution in [0.25, 0.3) is 0 Å². The first-order chi connectivity index (χ1) is 19.7. The molecule has 1 aliphatic carbocycles. The Morgan fingerprint density at radius 1 is 0.927 bits per heavy atom. The summed E-state index contributed by atoms with van der Waals surface area (Å²) in [7, 11) is 0. The van der Waals surface area contributed by atoms with Gasteiger partial charge < -0.3 is 16.4 Å². The van der Waals surface area contributed by atoms with Crippen molar-refractivity contribution in [2.75, 3.05) is 23.3 Å². The van der Waals surface area contributed by atoms with Crippen LogP contribution in [0.15, 0.2) is 60.7 Å². The molecule has 1 aliphatic heterocycles. The van der Waals surface area contributed by atoms with Gasteiger partial charge in [0, 0.05) is 17.7 Å². The Labute approximate surface area is 235 Å². The van der Waals surface area contributed by atoms with Crippen molar-refractivity contribution in [3.05, 3.63) is 94.8 Å². The summed E-state index contributed by atoms with van der Waals surface area (Å²) in [5, 5.41) is 5.74. The summed E-state index contributed by atoms with van der Waals surface area (Å²) in [6.07, 6.45) is 3.96. The van der Waals surface area contributed by atoms with Gasteiger partial charge in [-0.3, -0.25) is 19.3 Å². The van der Waals surface area contributed by atoms with Crippen LogP contribution < -0.4 is 21.3 Å². The van der Waals surface area contributed by atoms with Gasteiger partial charge in [-0.2, -0.15) is 0 Å². The third-order valence-electron chi connectivity index (χ3n) is 7.90. The number of nitrogens with zero attached hydrogens (tertiary/aromatic N) is 1. The Morgan fingerprint density at radius 2 is 1.66 bits per heavy atom. The van der Waals surface area contributed by atoms with Gasteiger partial charge in [0.2, 0.25) is 5.91 Å². The predicted molar refractivity (Wildman–Crippen MR) is 149 cm³/mol. The van der Waals surface area contributed by atoms with Crippen LogP contribution >= 0.6 is 0 Å². The number of nitrogens with one attached hydrogen (secondary N) is 2. The summed E-state index contributed by atoms with van der Waals surface area (Å²) in [6, 6.07) is 11.8. The molecule has 7 nitrogen and oxygen atoms in total. The van der Waals surface area contributed by atoms with Gasteiger partial charge in [0.05, 0.1) is 23.8 Å². The summed E-state index contributed by atoms with van der Waals surface area (Å²) < 4.78 is 41.5. The highest BCUT2D eigenvalue weighted by molar-refractivity contribution is 6.12. The third-order valence-corrected chi connectivity index (χ3v) is 7.90. The van der Waals surface area contributed by atoms with E-state index in [-0.39, 0.29) is 34.8 Å². The van der Waals surface area contributed by atoms with E-state index in [1.165, 1.54) is 41.3 Å². The van der Waals surface area contributed by atoms with Crippen molar-refractivity contribution in [1.29, 1.82) is 0 Å². The highest BCUT2D eigenvalue weighted by atomic mass is 19.2. The highest BCUT2D eigenvalue weighted by Gasteiger charge is 2.35. The van der Waals surface area contributed by atoms with E-state index >= 15 is 0 Å². The van der Waals surface area contributed by atoms with E-state index in [1.807, 2.05) is 0 Å². The lowest BCUT2D eigenvalue weighted by Gasteiger charge is -2.31. The zero-order valence-electron chi connectivity index (χ0n) is 22.3. The van der Waals surface area contributed by atoms with Crippen LogP contribution in [0.2, 0.25) is 0 Å². The summed E-state index contributed by atoms with van der Waals surface area (Å²) in [6.45, 7) is 1.14. The second-order valence-electron chi connectivity index (χ2n) is 10.7. The molecule has 0 radical (unpaired) electrons. The molecule has 0 spiro atoms. The fourth-order valence-corrected chi connectivity index (χ4v) is 5.74. The number of carbonyl (C=O) groups is 3. The van der Waals surface area contributed by atoms with Crippen molar-refractivity contribution in [1.82, 2.24) is 5.32 Å². The number of nitrogens with two attached hydrogens (primary N) is 1. The maximum Gasteiger partial charge on any atom is 0.259 e. The van der Waals surface area contributed by atoms with E-state index in [1.54, 1.807) is 6.07 Å². The largest absolute Gasteiger partial charge is 0.352 e. The zero-order chi connectivity index (χ0) is 29.1. The maximum absolute atomic E-state index is 14.1. The number of benzene rings is 3. The van der Waals surface area contributed by atoms with Crippen LogP contribution in [0, 0.1) is 29.3 Å². The first-order valence-corrected chi connectivity index (χ1v) is 13.7. The molecule has 214 valence electrons. The molecule has 3 atom stereocenters. The van der Waals surface area contributed by atoms with E-state index in [9.17, 15) is 27.6 Å². The quantitative estimate of drug-likeness (QED) is 0.377. The summed E-state index contributed by atoms with van der Waals surface area (Å²) in [5.41, 5.74) is 6.93. The number of hydrogen-bond acceptors (Lipinski definition) is 4. The number of carbonyl (C=O) groups excluding carboxylic acids is 3. The van der Waals surface area contributed by atoms with E-state index in [0.29, 0.717) is 30.5 Å². The molecule has 4 N–H and O–H groups in total. The Kier molecular flexibility index (Phi) is 8.39. The van der Waals surface area contributed by atoms with Crippen molar-refractivity contribution in [2.45, 2.75) is 38.1 Å². The van der Waals surface area contributed by atoms with Gasteiger partial charge >= 0.3 is 0 Å². The van der Waals surface area contributed by atoms with Gasteiger partial charge in [-0.15, -0.1) is 0 Å². The van der Waals surface area contributed by atoms with Crippen LogP contribution in [0.5, 0.6) is 0 Å². The van der Waals surface area contributed by atoms with Crippen molar-refractivity contribution in [3.63, 3.8) is 0 Å². The topological polar surface area (TPSA) is 105 Å². The Hall–Kier alpha value is -4.18. The monoisotopic (exact) mass is 564 g/mol. The van der Waals surface area contributed by atoms with Gasteiger partial charge in [-0.05, 0) is 91.7 Å². The maximum atomic E-state index is 14.1. The molecule has 3 unspecified atom stereocenters. The van der Waals surface area contributed by atoms with Crippen molar-refractivity contribution in [3.8, 4) is 0 Å². The minimum absolute atomic E-state index is 0.138. The van der Waals surface area contributed by atoms with Gasteiger partial charge in [0.25, 0.3) is 11.8 Å². The van der Waals surface area contributed by atoms with Crippen molar-refractivity contribution >= 4 is 29.1 Å². The first kappa shape index (κ1) is 28.4. The molecule has 0 aromatic heterocycles. The smallest absolute Gasteiger partial charge is 0.259 e. The number of anilines is 2. The van der Waals surface area contributed by atoms with Gasteiger partial charge in [0.1, 0.15) is 5.82 Å². The summed E-state index contributed by atoms with van der Waals surface area (Å²) in [4.78, 5) is 41.2. The SMILES string of the molecule is NCC1CCCC(CNC(=O)c2ccc3c(c2)NC(=O)CC(c2ccc(F)cc2)N3C(=O)c2ccc(F)c(F)c2)C1. The Balaban J connectivity index is 1.48. The lowest BCUT2D eigenvalue weighted by Crippen LogP contribution is -2.35. The first-order valence-electron chi connectivity index (χ1n) is 13.7. The number of halogens is 3. The summed E-state index contributed by atoms with van der Waals surface area (Å²) in [5.74, 6) is -3.45. The average Bonchev–Trinajstić information content (AvgIpc) is 3.12. The lowest BCUT2D eigenvalue weighted by atomic mass is 9.81. The molecule has 3 aromatic carbocycles. The lowest BCUT2D eigenvalue weighted by molar-refractivity contribution is -0.116. The fraction of sp³-hybridized carbons (Fsp3) is 0.323. The molecule has 2 aliphatic rings. The van der Waals surface area contributed by atoms with E-state index in [2.05, 4.69) is 10.6 Å². The van der Waals surface area contributed by atoms with E-state index in [4.69, 9.17) is 5.73 Å². The minimum Gasteiger partial charge on any atom is -0.352 e. The molecule has 41 heavy (non-hydrogen) atoms. The highest BCUT2D eigenvalue weighted by Crippen LogP contribution is 2.40. The number of hydrogen-bond donors (Lipinski definition) is 3. The molecule has 3 amide bonds. The molecule has 3 aromatic rings. The number of rotatable bonds is 6. The molecule has 5 rings (SSSR count). The number of amides is 3. The van der Waals surface area contributed by atoms with E-state index in [0.717, 1.165) is 43.9 Å². The van der Waals surface area contributed by atoms with Crippen LogP contribution in [-0.4, -0.2) is 30.8 Å². The van der Waals surface area contributed by atoms with Gasteiger partial charge in [-0.1, -0.05) is 18.6 Å². The molecular weight excluding hydrogens is 533 g/mol. The van der Waals surface area contributed by atoms with Crippen LogP contribution in [-0.2, 0) is 4.79 Å². The van der Waals surface area contributed by atoms with Crippen LogP contribution in [0.1, 0.15) is 64.4 Å². The second kappa shape index (κ2) is 12.1. The molecule has 10 heteroatoms. The Morgan fingerprint density at radius 3 is 2.39 bits per heavy atom. The fourth-order valence-electron chi connectivity index (χ4n) is 5.74. The van der Waals surface area contributed by atoms with E-state index < -0.39 is 35.3 Å². The van der Waals surface area contributed by atoms with Crippen molar-refractivity contribution < 1.29 is 27.6 Å². The minimum atomic E-state index is -1.19. The number of fused-ring (bicyclic) bond motifs is 1. The second-order valence-corrected chi connectivity index (χ2v) is 10.7. The average molecular weight is 565 g/mol. The van der Waals surface area contributed by atoms with Crippen molar-refractivity contribution in [2.24, 2.45) is 17.6 Å². The normalized spacial score (nSPS) is 20.5. The molecule has 1 saturated carbocycles. The Bertz CT molecular complexity index is 1460. The van der Waals surface area contributed by atoms with Gasteiger partial charge in [0.15, 0.2) is 11.6 Å². The molecule has 0 saturated heterocycles. The van der Waals surface area contributed by atoms with Crippen LogP contribution in [0.3, 0.4) is 0 Å². The van der Waals surface area contributed by atoms with Gasteiger partial charge in [-0.25, -0.2) is 13.2 Å². The summed E-state index contributed by atoms with van der Waals surface area (Å²) >= 11 is 0. The molecule has 1 heterocycles. The molecule has 1 fully saturated rings.